The van der Waals surface area contributed by atoms with E-state index in [1.54, 1.807) is 18.2 Å². The first kappa shape index (κ1) is 12.2. The number of carbonyl (C=O) groups excluding carboxylic acids is 1. The Balaban J connectivity index is 2.04. The van der Waals surface area contributed by atoms with Crippen molar-refractivity contribution >= 4 is 21.8 Å². The highest BCUT2D eigenvalue weighted by Gasteiger charge is 2.39. The minimum Gasteiger partial charge on any atom is -0.474 e. The van der Waals surface area contributed by atoms with Crippen molar-refractivity contribution < 1.29 is 17.9 Å². The van der Waals surface area contributed by atoms with Gasteiger partial charge in [-0.25, -0.2) is 13.2 Å². The molecule has 0 aromatic heterocycles. The number of hydrogen-bond acceptors (Lipinski definition) is 5. The Morgan fingerprint density at radius 1 is 1.37 bits per heavy atom. The van der Waals surface area contributed by atoms with Crippen molar-refractivity contribution in [3.05, 3.63) is 23.8 Å². The number of fused-ring (bicyclic) bond motifs is 1. The third kappa shape index (κ3) is 2.01. The number of ether oxygens (including phenoxy) is 1. The Labute approximate surface area is 110 Å². The van der Waals surface area contributed by atoms with Gasteiger partial charge in [0.15, 0.2) is 0 Å². The van der Waals surface area contributed by atoms with Gasteiger partial charge < -0.3 is 4.74 Å². The molecule has 2 aliphatic rings. The summed E-state index contributed by atoms with van der Waals surface area (Å²) in [4.78, 5) is 14.4. The Morgan fingerprint density at radius 2 is 2.16 bits per heavy atom. The molecule has 1 saturated carbocycles. The molecule has 0 amide bonds. The third-order valence-electron chi connectivity index (χ3n) is 3.59. The molecule has 0 radical (unpaired) electrons. The predicted octanol–water partition coefficient (Wildman–Crippen LogP) is 1.49. The average Bonchev–Trinajstić information content (AvgIpc) is 2.32. The van der Waals surface area contributed by atoms with Gasteiger partial charge >= 0.3 is 0 Å². The number of nitrogens with one attached hydrogen (secondary N) is 1. The van der Waals surface area contributed by atoms with Gasteiger partial charge in [0.25, 0.3) is 10.0 Å². The SMILES string of the molecule is O=C=NC1(c2ccc3c(c2)NS(=O)(=O)CO3)CCC1. The van der Waals surface area contributed by atoms with Crippen molar-refractivity contribution in [2.24, 2.45) is 4.99 Å². The van der Waals surface area contributed by atoms with E-state index in [1.165, 1.54) is 0 Å². The normalized spacial score (nSPS) is 21.9. The van der Waals surface area contributed by atoms with Crippen LogP contribution in [0.5, 0.6) is 5.75 Å². The number of hydrogen-bond donors (Lipinski definition) is 1. The Bertz CT molecular complexity index is 673. The summed E-state index contributed by atoms with van der Waals surface area (Å²) in [5.74, 6) is 0.111. The van der Waals surface area contributed by atoms with Crippen LogP contribution in [-0.2, 0) is 20.4 Å². The number of anilines is 1. The molecule has 6 nitrogen and oxygen atoms in total. The number of rotatable bonds is 2. The second kappa shape index (κ2) is 4.08. The minimum atomic E-state index is -3.44. The third-order valence-corrected chi connectivity index (χ3v) is 4.55. The molecule has 1 N–H and O–H groups in total. The number of aliphatic imine (C=N–C) groups is 1. The summed E-state index contributed by atoms with van der Waals surface area (Å²) >= 11 is 0. The molecule has 0 saturated heterocycles. The zero-order chi connectivity index (χ0) is 13.5. The summed E-state index contributed by atoms with van der Waals surface area (Å²) in [6.07, 6.45) is 4.15. The van der Waals surface area contributed by atoms with Gasteiger partial charge in [0, 0.05) is 0 Å². The van der Waals surface area contributed by atoms with E-state index in [0.717, 1.165) is 24.8 Å². The fourth-order valence-corrected chi connectivity index (χ4v) is 3.26. The van der Waals surface area contributed by atoms with Gasteiger partial charge in [-0.2, -0.15) is 4.99 Å². The molecule has 1 fully saturated rings. The summed E-state index contributed by atoms with van der Waals surface area (Å²) in [5.41, 5.74) is 0.671. The van der Waals surface area contributed by atoms with Crippen LogP contribution in [0.2, 0.25) is 0 Å². The zero-order valence-corrected chi connectivity index (χ0v) is 10.9. The lowest BCUT2D eigenvalue weighted by atomic mass is 9.72. The van der Waals surface area contributed by atoms with E-state index in [9.17, 15) is 13.2 Å². The molecular formula is C12H12N2O4S. The number of benzene rings is 1. The van der Waals surface area contributed by atoms with Crippen LogP contribution in [0.25, 0.3) is 0 Å². The van der Waals surface area contributed by atoms with Crippen LogP contribution in [-0.4, -0.2) is 20.4 Å². The zero-order valence-electron chi connectivity index (χ0n) is 10.0. The molecular weight excluding hydrogens is 268 g/mol. The van der Waals surface area contributed by atoms with E-state index >= 15 is 0 Å². The molecule has 19 heavy (non-hydrogen) atoms. The van der Waals surface area contributed by atoms with Crippen molar-refractivity contribution in [1.82, 2.24) is 0 Å². The maximum absolute atomic E-state index is 11.5. The highest BCUT2D eigenvalue weighted by molar-refractivity contribution is 7.92. The van der Waals surface area contributed by atoms with E-state index in [4.69, 9.17) is 4.74 Å². The minimum absolute atomic E-state index is 0.378. The van der Waals surface area contributed by atoms with Gasteiger partial charge in [-0.3, -0.25) is 4.72 Å². The van der Waals surface area contributed by atoms with E-state index in [0.29, 0.717) is 11.4 Å². The fourth-order valence-electron chi connectivity index (χ4n) is 2.43. The smallest absolute Gasteiger partial charge is 0.268 e. The van der Waals surface area contributed by atoms with Gasteiger partial charge in [0.05, 0.1) is 11.2 Å². The highest BCUT2D eigenvalue weighted by Crippen LogP contribution is 2.46. The lowest BCUT2D eigenvalue weighted by Gasteiger charge is -2.37. The first-order valence-electron chi connectivity index (χ1n) is 5.92. The molecule has 1 aliphatic carbocycles. The molecule has 0 spiro atoms. The van der Waals surface area contributed by atoms with Gasteiger partial charge in [0.1, 0.15) is 5.75 Å². The van der Waals surface area contributed by atoms with Crippen LogP contribution in [0.4, 0.5) is 5.69 Å². The number of sulfonamides is 1. The average molecular weight is 280 g/mol. The van der Waals surface area contributed by atoms with Crippen molar-refractivity contribution in [1.29, 1.82) is 0 Å². The molecule has 0 atom stereocenters. The second-order valence-electron chi connectivity index (χ2n) is 4.78. The van der Waals surface area contributed by atoms with E-state index in [-0.39, 0.29) is 5.94 Å². The largest absolute Gasteiger partial charge is 0.474 e. The van der Waals surface area contributed by atoms with Gasteiger partial charge in [-0.15, -0.1) is 0 Å². The molecule has 3 rings (SSSR count). The highest BCUT2D eigenvalue weighted by atomic mass is 32.2. The number of isocyanates is 1. The van der Waals surface area contributed by atoms with Crippen molar-refractivity contribution in [3.63, 3.8) is 0 Å². The molecule has 1 aromatic carbocycles. The summed E-state index contributed by atoms with van der Waals surface area (Å²) < 4.78 is 30.5. The molecule has 7 heteroatoms. The van der Waals surface area contributed by atoms with Crippen LogP contribution in [0, 0.1) is 0 Å². The maximum atomic E-state index is 11.5. The molecule has 0 unspecified atom stereocenters. The Kier molecular flexibility index (Phi) is 2.62. The Hall–Kier alpha value is -1.85. The van der Waals surface area contributed by atoms with Crippen LogP contribution in [0.3, 0.4) is 0 Å². The Morgan fingerprint density at radius 3 is 2.79 bits per heavy atom. The molecule has 1 aliphatic heterocycles. The second-order valence-corrected chi connectivity index (χ2v) is 6.45. The quantitative estimate of drug-likeness (QED) is 0.657. The number of nitrogens with zero attached hydrogens (tertiary/aromatic N) is 1. The van der Waals surface area contributed by atoms with E-state index < -0.39 is 15.6 Å². The monoisotopic (exact) mass is 280 g/mol. The molecule has 0 bridgehead atoms. The first-order chi connectivity index (χ1) is 9.05. The van der Waals surface area contributed by atoms with Gasteiger partial charge in [-0.05, 0) is 37.0 Å². The van der Waals surface area contributed by atoms with Crippen LogP contribution in [0.15, 0.2) is 23.2 Å². The van der Waals surface area contributed by atoms with Crippen LogP contribution in [0.1, 0.15) is 24.8 Å². The van der Waals surface area contributed by atoms with Crippen molar-refractivity contribution in [2.75, 3.05) is 10.7 Å². The molecule has 1 heterocycles. The van der Waals surface area contributed by atoms with Gasteiger partial charge in [-0.1, -0.05) is 6.07 Å². The van der Waals surface area contributed by atoms with Crippen molar-refractivity contribution in [3.8, 4) is 5.75 Å². The van der Waals surface area contributed by atoms with E-state index in [2.05, 4.69) is 9.71 Å². The summed E-state index contributed by atoms with van der Waals surface area (Å²) in [5, 5.41) is 0. The molecule has 1 aromatic rings. The van der Waals surface area contributed by atoms with Gasteiger partial charge in [0.2, 0.25) is 12.0 Å². The molecule has 100 valence electrons. The first-order valence-corrected chi connectivity index (χ1v) is 7.57. The summed E-state index contributed by atoms with van der Waals surface area (Å²) in [6, 6.07) is 5.21. The van der Waals surface area contributed by atoms with E-state index in [1.807, 2.05) is 6.07 Å². The standard InChI is InChI=1S/C12H12N2O4S/c15-7-13-12(4-1-5-12)9-2-3-11-10(6-9)14-19(16,17)8-18-11/h2-3,6,14H,1,4-5,8H2. The van der Waals surface area contributed by atoms with Crippen molar-refractivity contribution in [2.45, 2.75) is 24.8 Å². The lowest BCUT2D eigenvalue weighted by molar-refractivity contribution is 0.255. The van der Waals surface area contributed by atoms with Crippen LogP contribution < -0.4 is 9.46 Å². The van der Waals surface area contributed by atoms with Crippen LogP contribution >= 0.6 is 0 Å². The topological polar surface area (TPSA) is 84.8 Å². The lowest BCUT2D eigenvalue weighted by Crippen LogP contribution is -2.32. The maximum Gasteiger partial charge on any atom is 0.268 e. The fraction of sp³-hybridized carbons (Fsp3) is 0.417. The summed E-state index contributed by atoms with van der Waals surface area (Å²) in [7, 11) is -3.44. The summed E-state index contributed by atoms with van der Waals surface area (Å²) in [6.45, 7) is 0. The predicted molar refractivity (Wildman–Crippen MR) is 68.1 cm³/mol.